The van der Waals surface area contributed by atoms with Gasteiger partial charge in [-0.25, -0.2) is 9.18 Å². The normalized spacial score (nSPS) is 21.0. The number of benzene rings is 2. The number of hydrogen-bond acceptors (Lipinski definition) is 3. The highest BCUT2D eigenvalue weighted by Gasteiger charge is 2.37. The van der Waals surface area contributed by atoms with Crippen LogP contribution in [0.25, 0.3) is 0 Å². The summed E-state index contributed by atoms with van der Waals surface area (Å²) in [4.78, 5) is 43.3. The minimum absolute atomic E-state index is 0.0209. The Morgan fingerprint density at radius 1 is 0.848 bits per heavy atom. The third-order valence-corrected chi connectivity index (χ3v) is 6.49. The van der Waals surface area contributed by atoms with Gasteiger partial charge in [-0.15, -0.1) is 0 Å². The standard InChI is InChI=1S/C25H29FN4O3/c1-18(31)28-11-13-29(14-12-28)24(32)21-15-20(19-5-3-2-4-6-19)16-30(17-21)25(33)27-23-9-7-22(26)8-10-23/h2-10,20-21H,11-17H2,1H3,(H,27,33). The van der Waals surface area contributed by atoms with Crippen LogP contribution >= 0.6 is 0 Å². The topological polar surface area (TPSA) is 73.0 Å². The lowest BCUT2D eigenvalue weighted by Gasteiger charge is -2.41. The maximum atomic E-state index is 13.4. The third kappa shape index (κ3) is 5.50. The molecule has 2 aromatic carbocycles. The number of rotatable bonds is 3. The zero-order valence-corrected chi connectivity index (χ0v) is 18.7. The second-order valence-corrected chi connectivity index (χ2v) is 8.71. The Kier molecular flexibility index (Phi) is 6.91. The van der Waals surface area contributed by atoms with Gasteiger partial charge in [-0.05, 0) is 36.2 Å². The first-order valence-electron chi connectivity index (χ1n) is 11.3. The lowest BCUT2D eigenvalue weighted by Crippen LogP contribution is -2.54. The van der Waals surface area contributed by atoms with E-state index in [1.807, 2.05) is 35.2 Å². The molecule has 33 heavy (non-hydrogen) atoms. The monoisotopic (exact) mass is 452 g/mol. The second kappa shape index (κ2) is 10.0. The number of nitrogens with one attached hydrogen (secondary N) is 1. The summed E-state index contributed by atoms with van der Waals surface area (Å²) in [5, 5.41) is 2.82. The van der Waals surface area contributed by atoms with Crippen molar-refractivity contribution in [3.8, 4) is 0 Å². The molecule has 0 saturated carbocycles. The van der Waals surface area contributed by atoms with Gasteiger partial charge >= 0.3 is 6.03 Å². The van der Waals surface area contributed by atoms with Crippen molar-refractivity contribution < 1.29 is 18.8 Å². The number of piperidine rings is 1. The first-order chi connectivity index (χ1) is 15.9. The van der Waals surface area contributed by atoms with Crippen LogP contribution in [0.5, 0.6) is 0 Å². The second-order valence-electron chi connectivity index (χ2n) is 8.71. The van der Waals surface area contributed by atoms with E-state index in [9.17, 15) is 18.8 Å². The van der Waals surface area contributed by atoms with Crippen molar-refractivity contribution in [1.82, 2.24) is 14.7 Å². The Balaban J connectivity index is 1.49. The highest BCUT2D eigenvalue weighted by molar-refractivity contribution is 5.90. The van der Waals surface area contributed by atoms with Gasteiger partial charge in [0, 0.05) is 57.8 Å². The van der Waals surface area contributed by atoms with E-state index in [4.69, 9.17) is 0 Å². The van der Waals surface area contributed by atoms with E-state index in [1.165, 1.54) is 24.3 Å². The van der Waals surface area contributed by atoms with Crippen LogP contribution in [0.2, 0.25) is 0 Å². The fraction of sp³-hybridized carbons (Fsp3) is 0.400. The summed E-state index contributed by atoms with van der Waals surface area (Å²) in [6.07, 6.45) is 0.663. The van der Waals surface area contributed by atoms with Gasteiger partial charge in [-0.1, -0.05) is 30.3 Å². The number of hydrogen-bond donors (Lipinski definition) is 1. The summed E-state index contributed by atoms with van der Waals surface area (Å²) in [5.41, 5.74) is 1.60. The van der Waals surface area contributed by atoms with E-state index in [2.05, 4.69) is 5.32 Å². The molecule has 1 N–H and O–H groups in total. The quantitative estimate of drug-likeness (QED) is 0.778. The molecule has 0 radical (unpaired) electrons. The van der Waals surface area contributed by atoms with Gasteiger partial charge in [-0.3, -0.25) is 9.59 Å². The first-order valence-corrected chi connectivity index (χ1v) is 11.3. The lowest BCUT2D eigenvalue weighted by atomic mass is 9.84. The van der Waals surface area contributed by atoms with E-state index in [0.29, 0.717) is 51.4 Å². The number of piperazine rings is 1. The Labute approximate surface area is 193 Å². The highest BCUT2D eigenvalue weighted by Crippen LogP contribution is 2.32. The van der Waals surface area contributed by atoms with Crippen LogP contribution in [-0.4, -0.2) is 71.8 Å². The SMILES string of the molecule is CC(=O)N1CCN(C(=O)C2CC(c3ccccc3)CN(C(=O)Nc3ccc(F)cc3)C2)CC1. The summed E-state index contributed by atoms with van der Waals surface area (Å²) in [5.74, 6) is -0.616. The molecule has 2 aliphatic rings. The molecule has 2 saturated heterocycles. The predicted octanol–water partition coefficient (Wildman–Crippen LogP) is 3.15. The number of carbonyl (C=O) groups excluding carboxylic acids is 3. The van der Waals surface area contributed by atoms with Gasteiger partial charge in [0.25, 0.3) is 0 Å². The summed E-state index contributed by atoms with van der Waals surface area (Å²) in [7, 11) is 0. The number of carbonyl (C=O) groups is 3. The molecule has 0 bridgehead atoms. The molecule has 2 unspecified atom stereocenters. The Bertz CT molecular complexity index is 990. The van der Waals surface area contributed by atoms with E-state index in [-0.39, 0.29) is 35.5 Å². The summed E-state index contributed by atoms with van der Waals surface area (Å²) < 4.78 is 13.2. The average Bonchev–Trinajstić information content (AvgIpc) is 2.85. The molecular formula is C25H29FN4O3. The molecule has 2 heterocycles. The lowest BCUT2D eigenvalue weighted by molar-refractivity contribution is -0.142. The molecule has 0 aromatic heterocycles. The average molecular weight is 453 g/mol. The van der Waals surface area contributed by atoms with Crippen molar-refractivity contribution in [3.63, 3.8) is 0 Å². The summed E-state index contributed by atoms with van der Waals surface area (Å²) in [6.45, 7) is 4.44. The molecule has 7 nitrogen and oxygen atoms in total. The van der Waals surface area contributed by atoms with Crippen molar-refractivity contribution in [1.29, 1.82) is 0 Å². The van der Waals surface area contributed by atoms with Crippen LogP contribution in [0.4, 0.5) is 14.9 Å². The van der Waals surface area contributed by atoms with E-state index < -0.39 is 0 Å². The number of anilines is 1. The van der Waals surface area contributed by atoms with Crippen LogP contribution in [-0.2, 0) is 9.59 Å². The molecular weight excluding hydrogens is 423 g/mol. The fourth-order valence-corrected chi connectivity index (χ4v) is 4.65. The predicted molar refractivity (Wildman–Crippen MR) is 123 cm³/mol. The van der Waals surface area contributed by atoms with Gasteiger partial charge in [0.05, 0.1) is 5.92 Å². The van der Waals surface area contributed by atoms with Gasteiger partial charge in [0.1, 0.15) is 5.82 Å². The molecule has 4 amide bonds. The van der Waals surface area contributed by atoms with E-state index in [0.717, 1.165) is 5.56 Å². The van der Waals surface area contributed by atoms with Crippen molar-refractivity contribution >= 4 is 23.5 Å². The van der Waals surface area contributed by atoms with E-state index >= 15 is 0 Å². The molecule has 4 rings (SSSR count). The number of likely N-dealkylation sites (tertiary alicyclic amines) is 1. The molecule has 2 aliphatic heterocycles. The molecule has 2 fully saturated rings. The molecule has 0 aliphatic carbocycles. The van der Waals surface area contributed by atoms with Gasteiger partial charge < -0.3 is 20.0 Å². The largest absolute Gasteiger partial charge is 0.339 e. The van der Waals surface area contributed by atoms with E-state index in [1.54, 1.807) is 16.7 Å². The summed E-state index contributed by atoms with van der Waals surface area (Å²) in [6, 6.07) is 15.3. The molecule has 174 valence electrons. The Hall–Kier alpha value is -3.42. The van der Waals surface area contributed by atoms with Crippen molar-refractivity contribution in [2.45, 2.75) is 19.3 Å². The number of nitrogens with zero attached hydrogens (tertiary/aromatic N) is 3. The van der Waals surface area contributed by atoms with Crippen LogP contribution in [0, 0.1) is 11.7 Å². The smallest absolute Gasteiger partial charge is 0.321 e. The zero-order valence-electron chi connectivity index (χ0n) is 18.7. The van der Waals surface area contributed by atoms with Crippen molar-refractivity contribution in [2.75, 3.05) is 44.6 Å². The Morgan fingerprint density at radius 3 is 2.12 bits per heavy atom. The third-order valence-electron chi connectivity index (χ3n) is 6.49. The van der Waals surface area contributed by atoms with Crippen LogP contribution < -0.4 is 5.32 Å². The Morgan fingerprint density at radius 2 is 1.48 bits per heavy atom. The van der Waals surface area contributed by atoms with Crippen molar-refractivity contribution in [2.24, 2.45) is 5.92 Å². The summed E-state index contributed by atoms with van der Waals surface area (Å²) >= 11 is 0. The first kappa shape index (κ1) is 22.8. The minimum Gasteiger partial charge on any atom is -0.339 e. The minimum atomic E-state index is -0.370. The fourth-order valence-electron chi connectivity index (χ4n) is 4.65. The highest BCUT2D eigenvalue weighted by atomic mass is 19.1. The van der Waals surface area contributed by atoms with Gasteiger partial charge in [-0.2, -0.15) is 0 Å². The number of halogens is 1. The molecule has 2 aromatic rings. The number of urea groups is 1. The van der Waals surface area contributed by atoms with Crippen LogP contribution in [0.1, 0.15) is 24.8 Å². The molecule has 8 heteroatoms. The number of amides is 4. The van der Waals surface area contributed by atoms with Gasteiger partial charge in [0.15, 0.2) is 0 Å². The maximum Gasteiger partial charge on any atom is 0.321 e. The van der Waals surface area contributed by atoms with Crippen LogP contribution in [0.15, 0.2) is 54.6 Å². The maximum absolute atomic E-state index is 13.4. The van der Waals surface area contributed by atoms with Crippen molar-refractivity contribution in [3.05, 3.63) is 66.0 Å². The van der Waals surface area contributed by atoms with Crippen LogP contribution in [0.3, 0.4) is 0 Å². The zero-order chi connectivity index (χ0) is 23.4. The molecule has 2 atom stereocenters. The molecule has 0 spiro atoms. The van der Waals surface area contributed by atoms with Gasteiger partial charge in [0.2, 0.25) is 11.8 Å².